The number of ketones is 1. The Morgan fingerprint density at radius 2 is 1.22 bits per heavy atom. The average Bonchev–Trinajstić information content (AvgIpc) is 3.33. The van der Waals surface area contributed by atoms with Gasteiger partial charge in [-0.15, -0.1) is 0 Å². The van der Waals surface area contributed by atoms with Crippen LogP contribution >= 0.6 is 0 Å². The summed E-state index contributed by atoms with van der Waals surface area (Å²) >= 11 is 0. The molecule has 0 saturated heterocycles. The number of nitrogens with zero attached hydrogens (tertiary/aromatic N) is 4. The van der Waals surface area contributed by atoms with Crippen molar-refractivity contribution < 1.29 is 30.9 Å². The first-order valence-corrected chi connectivity index (χ1v) is 29.0. The van der Waals surface area contributed by atoms with Crippen LogP contribution in [0.25, 0.3) is 21.5 Å². The second-order valence-corrected chi connectivity index (χ2v) is 26.6. The number of rotatable bonds is 28. The monoisotopic (exact) mass is 1050 g/mol. The van der Waals surface area contributed by atoms with Crippen molar-refractivity contribution in [2.45, 2.75) is 76.5 Å². The molecule has 6 rings (SSSR count). The molecule has 1 atom stereocenters. The van der Waals surface area contributed by atoms with Crippen LogP contribution in [0.3, 0.4) is 0 Å². The Kier molecular flexibility index (Phi) is 19.2. The molecule has 0 saturated carbocycles. The lowest BCUT2D eigenvalue weighted by Crippen LogP contribution is -2.49. The van der Waals surface area contributed by atoms with Crippen LogP contribution in [0.15, 0.2) is 131 Å². The third kappa shape index (κ3) is 15.8. The summed E-state index contributed by atoms with van der Waals surface area (Å²) < 4.78 is 68.5. The zero-order chi connectivity index (χ0) is 54.1. The Morgan fingerprint density at radius 3 is 1.86 bits per heavy atom. The van der Waals surface area contributed by atoms with Gasteiger partial charge in [0.15, 0.2) is 5.78 Å². The first kappa shape index (κ1) is 57.9. The van der Waals surface area contributed by atoms with Crippen LogP contribution in [0, 0.1) is 16.7 Å². The minimum Gasteiger partial charge on any atom is -0.493 e. The van der Waals surface area contributed by atoms with Crippen molar-refractivity contribution in [3.05, 3.63) is 138 Å². The zero-order valence-electron chi connectivity index (χ0n) is 46.2. The van der Waals surface area contributed by atoms with Gasteiger partial charge in [0.1, 0.15) is 5.75 Å². The van der Waals surface area contributed by atoms with Crippen molar-refractivity contribution in [2.24, 2.45) is 16.7 Å². The SMILES string of the molecule is CC(CCN(C)c1cccc2c(S(=O)(=O)NCCC[N+](C)(C)CC(C)(C)CC(C)(C)COc3ccc(C(=O)c4ccccc4)cc3)cccc12)Cc1cc(S(=O)(=O)NCCCN(C)C)c2cccc(N(C)C)c2c1. The highest BCUT2D eigenvalue weighted by Crippen LogP contribution is 2.37. The highest BCUT2D eigenvalue weighted by Gasteiger charge is 2.35. The van der Waals surface area contributed by atoms with E-state index in [0.717, 1.165) is 77.0 Å². The van der Waals surface area contributed by atoms with Crippen LogP contribution in [0.2, 0.25) is 0 Å². The van der Waals surface area contributed by atoms with E-state index in [2.05, 4.69) is 69.1 Å². The Morgan fingerprint density at radius 1 is 0.635 bits per heavy atom. The molecule has 12 nitrogen and oxygen atoms in total. The number of nitrogens with one attached hydrogen (secondary N) is 2. The number of hydrogen-bond donors (Lipinski definition) is 2. The van der Waals surface area contributed by atoms with Crippen molar-refractivity contribution in [3.8, 4) is 5.75 Å². The minimum absolute atomic E-state index is 0.0120. The quantitative estimate of drug-likeness (QED) is 0.0280. The maximum absolute atomic E-state index is 14.0. The fourth-order valence-electron chi connectivity index (χ4n) is 10.8. The number of ether oxygens (including phenoxy) is 1. The summed E-state index contributed by atoms with van der Waals surface area (Å²) in [4.78, 5) is 19.7. The van der Waals surface area contributed by atoms with E-state index in [1.165, 1.54) is 0 Å². The van der Waals surface area contributed by atoms with E-state index in [1.54, 1.807) is 6.07 Å². The molecule has 0 aliphatic rings. The molecule has 1 unspecified atom stereocenters. The number of sulfonamides is 2. The average molecular weight is 1050 g/mol. The molecule has 0 aliphatic carbocycles. The van der Waals surface area contributed by atoms with Crippen molar-refractivity contribution in [2.75, 3.05) is 105 Å². The normalized spacial score (nSPS) is 13.1. The largest absolute Gasteiger partial charge is 0.493 e. The van der Waals surface area contributed by atoms with E-state index in [-0.39, 0.29) is 27.4 Å². The number of benzene rings is 6. The summed E-state index contributed by atoms with van der Waals surface area (Å²) in [7, 11) is 6.78. The highest BCUT2D eigenvalue weighted by atomic mass is 32.2. The van der Waals surface area contributed by atoms with E-state index >= 15 is 0 Å². The van der Waals surface area contributed by atoms with Crippen molar-refractivity contribution >= 4 is 58.7 Å². The van der Waals surface area contributed by atoms with Gasteiger partial charge in [0, 0.05) is 96.7 Å². The maximum atomic E-state index is 14.0. The predicted molar refractivity (Wildman–Crippen MR) is 307 cm³/mol. The third-order valence-electron chi connectivity index (χ3n) is 13.8. The van der Waals surface area contributed by atoms with Crippen molar-refractivity contribution in [3.63, 3.8) is 0 Å². The van der Waals surface area contributed by atoms with Gasteiger partial charge in [-0.3, -0.25) is 4.79 Å². The molecule has 0 heterocycles. The number of fused-ring (bicyclic) bond motifs is 2. The summed E-state index contributed by atoms with van der Waals surface area (Å²) in [6, 6.07) is 37.8. The molecule has 0 bridgehead atoms. The van der Waals surface area contributed by atoms with Crippen LogP contribution < -0.4 is 24.0 Å². The summed E-state index contributed by atoms with van der Waals surface area (Å²) in [5.74, 6) is 0.941. The highest BCUT2D eigenvalue weighted by molar-refractivity contribution is 7.90. The Balaban J connectivity index is 1.02. The molecule has 2 N–H and O–H groups in total. The Hall–Kier alpha value is -5.35. The first-order chi connectivity index (χ1) is 34.8. The molecule has 0 aromatic heterocycles. The summed E-state index contributed by atoms with van der Waals surface area (Å²) in [5.41, 5.74) is 4.02. The number of hydrogen-bond acceptors (Lipinski definition) is 9. The van der Waals surface area contributed by atoms with Gasteiger partial charge in [0.05, 0.1) is 43.6 Å². The first-order valence-electron chi connectivity index (χ1n) is 26.0. The van der Waals surface area contributed by atoms with Gasteiger partial charge < -0.3 is 23.9 Å². The Bertz CT molecular complexity index is 3070. The molecule has 400 valence electrons. The van der Waals surface area contributed by atoms with Crippen LogP contribution in [-0.4, -0.2) is 127 Å². The van der Waals surface area contributed by atoms with Gasteiger partial charge in [-0.25, -0.2) is 26.3 Å². The Labute approximate surface area is 443 Å². The molecular weight excluding hydrogens is 965 g/mol. The van der Waals surface area contributed by atoms with Gasteiger partial charge in [-0.2, -0.15) is 0 Å². The molecule has 0 fully saturated rings. The van der Waals surface area contributed by atoms with Crippen LogP contribution in [0.1, 0.15) is 81.8 Å². The van der Waals surface area contributed by atoms with E-state index < -0.39 is 20.0 Å². The standard InChI is InChI=1S/C60H83N6O6S2/c1-45(39-46-40-53-52(25-16-26-54(53)64(8)9)57(41-46)74(70,71)61-34-19-36-63(6)7)33-37-65(10)55-27-17-24-51-50(55)23-18-28-56(51)73(68,69)62-35-20-38-66(11,12)43-59(2,3)42-60(4,5)44-72-49-31-29-48(30-32-49)58(67)47-21-14-13-15-22-47/h13-18,21-32,40-41,45,61-62H,19-20,33-39,42-44H2,1-12H3/q+1. The van der Waals surface area contributed by atoms with Crippen molar-refractivity contribution in [1.29, 1.82) is 0 Å². The van der Waals surface area contributed by atoms with Gasteiger partial charge in [0.2, 0.25) is 20.0 Å². The van der Waals surface area contributed by atoms with Gasteiger partial charge in [-0.05, 0) is 118 Å². The third-order valence-corrected chi connectivity index (χ3v) is 16.8. The fraction of sp³-hybridized carbons (Fsp3) is 0.450. The zero-order valence-corrected chi connectivity index (χ0v) is 47.8. The molecule has 14 heteroatoms. The maximum Gasteiger partial charge on any atom is 0.241 e. The lowest BCUT2D eigenvalue weighted by Gasteiger charge is -2.41. The van der Waals surface area contributed by atoms with E-state index in [4.69, 9.17) is 4.74 Å². The number of carbonyl (C=O) groups excluding carboxylic acids is 1. The molecule has 74 heavy (non-hydrogen) atoms. The van der Waals surface area contributed by atoms with Crippen LogP contribution in [0.4, 0.5) is 11.4 Å². The summed E-state index contributed by atoms with van der Waals surface area (Å²) in [5, 5.41) is 3.15. The number of carbonyl (C=O) groups is 1. The second kappa shape index (κ2) is 24.5. The molecular formula is C60H83N6O6S2+. The van der Waals surface area contributed by atoms with E-state index in [1.807, 2.05) is 154 Å². The molecule has 6 aromatic rings. The van der Waals surface area contributed by atoms with Crippen LogP contribution in [-0.2, 0) is 26.5 Å². The molecule has 0 spiro atoms. The van der Waals surface area contributed by atoms with Gasteiger partial charge in [0.25, 0.3) is 0 Å². The fourth-order valence-corrected chi connectivity index (χ4v) is 13.5. The molecule has 0 aliphatic heterocycles. The lowest BCUT2D eigenvalue weighted by atomic mass is 9.75. The summed E-state index contributed by atoms with van der Waals surface area (Å²) in [6.07, 6.45) is 3.83. The van der Waals surface area contributed by atoms with Gasteiger partial charge >= 0.3 is 0 Å². The smallest absolute Gasteiger partial charge is 0.241 e. The number of anilines is 2. The topological polar surface area (TPSA) is 128 Å². The number of quaternary nitrogens is 1. The van der Waals surface area contributed by atoms with Crippen LogP contribution in [0.5, 0.6) is 5.75 Å². The summed E-state index contributed by atoms with van der Waals surface area (Å²) in [6.45, 7) is 15.6. The minimum atomic E-state index is -3.82. The van der Waals surface area contributed by atoms with E-state index in [9.17, 15) is 21.6 Å². The second-order valence-electron chi connectivity index (χ2n) is 23.1. The van der Waals surface area contributed by atoms with Crippen molar-refractivity contribution in [1.82, 2.24) is 14.3 Å². The lowest BCUT2D eigenvalue weighted by molar-refractivity contribution is -0.896. The molecule has 0 radical (unpaired) electrons. The van der Waals surface area contributed by atoms with E-state index in [0.29, 0.717) is 65.8 Å². The van der Waals surface area contributed by atoms with Gasteiger partial charge in [-0.1, -0.05) is 101 Å². The molecule has 6 aromatic carbocycles. The predicted octanol–water partition coefficient (Wildman–Crippen LogP) is 10.5. The molecule has 0 amide bonds.